The molecule has 0 saturated carbocycles. The third-order valence-corrected chi connectivity index (χ3v) is 8.27. The Morgan fingerprint density at radius 1 is 0.976 bits per heavy atom. The standard InChI is InChI=1S/C28H22FN9O3S/c1-14(24-19-9-4-16(29)12-21(19)38(35-24)17-5-7-18(8-6-17)42(2,39)40)37-27-23(26(30)32-13-33-27)25(36-37)15-3-10-22-20(11-15)34-28(31)41-22/h3-14H,1-2H3,(H2,31,34)(H2,30,32,33). The van der Waals surface area contributed by atoms with E-state index < -0.39 is 21.7 Å². The van der Waals surface area contributed by atoms with E-state index in [0.717, 1.165) is 6.26 Å². The van der Waals surface area contributed by atoms with Gasteiger partial charge in [-0.25, -0.2) is 32.1 Å². The van der Waals surface area contributed by atoms with Gasteiger partial charge in [0.25, 0.3) is 6.01 Å². The van der Waals surface area contributed by atoms with E-state index in [2.05, 4.69) is 15.0 Å². The van der Waals surface area contributed by atoms with Crippen LogP contribution in [0.15, 0.2) is 76.3 Å². The molecule has 0 bridgehead atoms. The maximum atomic E-state index is 14.5. The van der Waals surface area contributed by atoms with E-state index in [4.69, 9.17) is 26.1 Å². The second kappa shape index (κ2) is 9.07. The number of oxazole rings is 1. The lowest BCUT2D eigenvalue weighted by Gasteiger charge is -2.11. The number of hydrogen-bond acceptors (Lipinski definition) is 10. The first-order valence-corrected chi connectivity index (χ1v) is 14.6. The largest absolute Gasteiger partial charge is 0.424 e. The van der Waals surface area contributed by atoms with Crippen molar-refractivity contribution < 1.29 is 17.2 Å². The lowest BCUT2D eigenvalue weighted by Crippen LogP contribution is -2.11. The molecule has 0 aliphatic carbocycles. The van der Waals surface area contributed by atoms with Crippen molar-refractivity contribution in [3.05, 3.63) is 78.5 Å². The highest BCUT2D eigenvalue weighted by Gasteiger charge is 2.25. The summed E-state index contributed by atoms with van der Waals surface area (Å²) in [6, 6.07) is 15.6. The van der Waals surface area contributed by atoms with E-state index in [1.54, 1.807) is 39.7 Å². The third-order valence-electron chi connectivity index (χ3n) is 7.14. The molecule has 7 aromatic rings. The number of anilines is 2. The Morgan fingerprint density at radius 2 is 1.76 bits per heavy atom. The summed E-state index contributed by atoms with van der Waals surface area (Å²) in [5, 5.41) is 11.0. The van der Waals surface area contributed by atoms with Crippen molar-refractivity contribution in [3.63, 3.8) is 0 Å². The predicted molar refractivity (Wildman–Crippen MR) is 155 cm³/mol. The van der Waals surface area contributed by atoms with Crippen molar-refractivity contribution in [2.45, 2.75) is 17.9 Å². The molecular formula is C28H22FN9O3S. The summed E-state index contributed by atoms with van der Waals surface area (Å²) >= 11 is 0. The van der Waals surface area contributed by atoms with E-state index in [1.165, 1.54) is 30.6 Å². The van der Waals surface area contributed by atoms with Crippen LogP contribution in [0.1, 0.15) is 18.7 Å². The molecule has 0 aliphatic rings. The first kappa shape index (κ1) is 25.6. The topological polar surface area (TPSA) is 174 Å². The number of hydrogen-bond donors (Lipinski definition) is 2. The monoisotopic (exact) mass is 583 g/mol. The molecule has 3 aromatic carbocycles. The number of benzene rings is 3. The van der Waals surface area contributed by atoms with E-state index in [1.807, 2.05) is 13.0 Å². The lowest BCUT2D eigenvalue weighted by atomic mass is 10.1. The van der Waals surface area contributed by atoms with Crippen LogP contribution in [-0.4, -0.2) is 49.2 Å². The average molecular weight is 584 g/mol. The minimum absolute atomic E-state index is 0.0545. The summed E-state index contributed by atoms with van der Waals surface area (Å²) in [4.78, 5) is 13.1. The zero-order chi connectivity index (χ0) is 29.3. The van der Waals surface area contributed by atoms with Gasteiger partial charge in [-0.05, 0) is 61.5 Å². The molecule has 4 N–H and O–H groups in total. The van der Waals surface area contributed by atoms with Crippen LogP contribution >= 0.6 is 0 Å². The van der Waals surface area contributed by atoms with Crippen LogP contribution in [-0.2, 0) is 9.84 Å². The van der Waals surface area contributed by atoms with E-state index in [0.29, 0.717) is 55.7 Å². The third kappa shape index (κ3) is 4.03. The minimum Gasteiger partial charge on any atom is -0.424 e. The molecule has 42 heavy (non-hydrogen) atoms. The van der Waals surface area contributed by atoms with Crippen LogP contribution in [0.25, 0.3) is 50.0 Å². The lowest BCUT2D eigenvalue weighted by molar-refractivity contribution is 0.564. The van der Waals surface area contributed by atoms with Gasteiger partial charge in [0.2, 0.25) is 0 Å². The fraction of sp³-hybridized carbons (Fsp3) is 0.107. The highest BCUT2D eigenvalue weighted by atomic mass is 32.2. The Hall–Kier alpha value is -5.37. The first-order chi connectivity index (χ1) is 20.1. The van der Waals surface area contributed by atoms with Gasteiger partial charge in [-0.2, -0.15) is 15.2 Å². The molecule has 0 radical (unpaired) electrons. The maximum Gasteiger partial charge on any atom is 0.292 e. The van der Waals surface area contributed by atoms with Crippen molar-refractivity contribution in [2.75, 3.05) is 17.7 Å². The second-order valence-electron chi connectivity index (χ2n) is 9.89. The van der Waals surface area contributed by atoms with Crippen molar-refractivity contribution >= 4 is 54.7 Å². The van der Waals surface area contributed by atoms with Crippen LogP contribution in [0.2, 0.25) is 0 Å². The van der Waals surface area contributed by atoms with Crippen LogP contribution in [0.4, 0.5) is 16.2 Å². The molecule has 210 valence electrons. The number of nitrogens with zero attached hydrogens (tertiary/aromatic N) is 7. The van der Waals surface area contributed by atoms with Gasteiger partial charge >= 0.3 is 0 Å². The number of rotatable bonds is 5. The number of sulfone groups is 1. The van der Waals surface area contributed by atoms with Gasteiger partial charge in [0.1, 0.15) is 29.2 Å². The van der Waals surface area contributed by atoms with Gasteiger partial charge in [0.05, 0.1) is 33.2 Å². The Balaban J connectivity index is 1.41. The van der Waals surface area contributed by atoms with Crippen molar-refractivity contribution in [3.8, 4) is 16.9 Å². The van der Waals surface area contributed by atoms with Crippen molar-refractivity contribution in [2.24, 2.45) is 0 Å². The molecule has 0 aliphatic heterocycles. The fourth-order valence-corrected chi connectivity index (χ4v) is 5.76. The van der Waals surface area contributed by atoms with Gasteiger partial charge in [-0.15, -0.1) is 0 Å². The quantitative estimate of drug-likeness (QED) is 0.297. The van der Waals surface area contributed by atoms with Crippen molar-refractivity contribution in [1.29, 1.82) is 0 Å². The van der Waals surface area contributed by atoms with Crippen molar-refractivity contribution in [1.82, 2.24) is 34.5 Å². The number of nitrogen functional groups attached to an aromatic ring is 2. The molecule has 1 unspecified atom stereocenters. The van der Waals surface area contributed by atoms with Gasteiger partial charge in [-0.1, -0.05) is 0 Å². The smallest absolute Gasteiger partial charge is 0.292 e. The molecule has 0 fully saturated rings. The molecular weight excluding hydrogens is 561 g/mol. The van der Waals surface area contributed by atoms with Crippen LogP contribution in [0.3, 0.4) is 0 Å². The normalized spacial score (nSPS) is 12.9. The number of fused-ring (bicyclic) bond motifs is 3. The van der Waals surface area contributed by atoms with Crippen LogP contribution < -0.4 is 11.5 Å². The van der Waals surface area contributed by atoms with Gasteiger partial charge < -0.3 is 15.9 Å². The summed E-state index contributed by atoms with van der Waals surface area (Å²) in [5.41, 5.74) is 16.5. The van der Waals surface area contributed by atoms with Gasteiger partial charge in [0, 0.05) is 23.3 Å². The number of nitrogens with two attached hydrogens (primary N) is 2. The molecule has 12 nitrogen and oxygen atoms in total. The average Bonchev–Trinajstić information content (AvgIpc) is 3.64. The summed E-state index contributed by atoms with van der Waals surface area (Å²) < 4.78 is 47.1. The summed E-state index contributed by atoms with van der Waals surface area (Å²) in [6.07, 6.45) is 2.50. The number of halogens is 1. The number of aromatic nitrogens is 7. The first-order valence-electron chi connectivity index (χ1n) is 12.7. The zero-order valence-electron chi connectivity index (χ0n) is 22.2. The van der Waals surface area contributed by atoms with E-state index in [9.17, 15) is 12.8 Å². The summed E-state index contributed by atoms with van der Waals surface area (Å²) in [5.74, 6) is -0.191. The minimum atomic E-state index is -3.39. The highest BCUT2D eigenvalue weighted by molar-refractivity contribution is 7.90. The summed E-state index contributed by atoms with van der Waals surface area (Å²) in [6.45, 7) is 1.90. The Bertz CT molecular complexity index is 2290. The van der Waals surface area contributed by atoms with E-state index >= 15 is 0 Å². The fourth-order valence-electron chi connectivity index (χ4n) is 5.13. The molecule has 7 rings (SSSR count). The molecule has 0 saturated heterocycles. The molecule has 1 atom stereocenters. The highest BCUT2D eigenvalue weighted by Crippen LogP contribution is 2.36. The molecule has 4 heterocycles. The Kier molecular flexibility index (Phi) is 5.53. The molecule has 0 amide bonds. The maximum absolute atomic E-state index is 14.5. The zero-order valence-corrected chi connectivity index (χ0v) is 23.0. The van der Waals surface area contributed by atoms with Gasteiger partial charge in [0.15, 0.2) is 21.1 Å². The summed E-state index contributed by atoms with van der Waals surface area (Å²) in [7, 11) is -3.39. The SMILES string of the molecule is CC(c1nn(-c2ccc(S(C)(=O)=O)cc2)c2cc(F)ccc12)n1nc(-c2ccc3oc(N)nc3c2)c2c(N)ncnc21. The predicted octanol–water partition coefficient (Wildman–Crippen LogP) is 4.29. The van der Waals surface area contributed by atoms with Gasteiger partial charge in [-0.3, -0.25) is 0 Å². The molecule has 14 heteroatoms. The van der Waals surface area contributed by atoms with Crippen LogP contribution in [0.5, 0.6) is 0 Å². The molecule has 4 aromatic heterocycles. The van der Waals surface area contributed by atoms with Crippen LogP contribution in [0, 0.1) is 5.82 Å². The Labute approximate surface area is 237 Å². The Morgan fingerprint density at radius 3 is 2.52 bits per heavy atom. The van der Waals surface area contributed by atoms with E-state index in [-0.39, 0.29) is 16.7 Å². The molecule has 0 spiro atoms. The second-order valence-corrected chi connectivity index (χ2v) is 11.9.